The summed E-state index contributed by atoms with van der Waals surface area (Å²) in [7, 11) is -5.87. The van der Waals surface area contributed by atoms with Gasteiger partial charge in [-0.2, -0.15) is 8.78 Å². The SMILES string of the molecule is CCC(C)(C)C(=O)OC(C)C(F)(F)S(=O)(=O)[O-].CCC(C)(C)C(=O)OC1(CC)CC2CC1C1C3CCC(C3)C21.CCC(C)(C)C(=O)OC1C2CC3C(=O)OC1C3O2.CCC(C)(C)C(=O)Oc1ccc(O)cc1.CCC(C)c1ccc(OC2(C)CCCCC2)cc1.c1ccc([S+](c2ccccc2)c2ccccc2)cc1. The molecular formula is C89H122F2O16S2. The Balaban J connectivity index is 0.000000165. The number of esters is 5. The molecule has 600 valence electrons. The number of phenols is 1. The lowest BCUT2D eigenvalue weighted by atomic mass is 9.65. The van der Waals surface area contributed by atoms with E-state index in [0.29, 0.717) is 43.8 Å². The zero-order chi connectivity index (χ0) is 80.2. The molecule has 5 aliphatic carbocycles. The Bertz CT molecular complexity index is 3810. The van der Waals surface area contributed by atoms with Crippen molar-refractivity contribution in [1.29, 1.82) is 0 Å². The van der Waals surface area contributed by atoms with Gasteiger partial charge in [0.2, 0.25) is 0 Å². The number of carbonyl (C=O) groups excluding carboxylic acids is 5. The van der Waals surface area contributed by atoms with E-state index in [9.17, 15) is 45.7 Å². The van der Waals surface area contributed by atoms with Crippen LogP contribution < -0.4 is 9.47 Å². The minimum atomic E-state index is -5.86. The maximum Gasteiger partial charge on any atom is 0.369 e. The summed E-state index contributed by atoms with van der Waals surface area (Å²) in [6.07, 6.45) is 15.2. The summed E-state index contributed by atoms with van der Waals surface area (Å²) in [6, 6.07) is 47.0. The topological polar surface area (TPSA) is 227 Å². The molecular weight excluding hydrogens is 1430 g/mol. The minimum absolute atomic E-state index is 0.0146. The standard InChI is InChI=1S/C20H32O2.C18H15S.C17H26O.C13H18O5.C12H16O3.C9H16F2O5S/c1-5-19(3,4)18(21)22-20(6-2)11-14-10-15(20)17-13-8-7-12(9-13)16(14)17;1-4-10-16(11-5-1)19(17-12-6-2-7-13-17)18-14-8-3-9-15-18;1-4-14(2)15-8-10-16(11-9-15)18-17(3)12-6-5-7-13-17;1-4-13(2,3)12(15)18-9-7-5-6-8(16-7)10(9)17-11(6)14;1-4-12(2,3)11(14)15-10-7-5-9(13)6-8-10;1-5-8(3,4)7(12)16-6(2)9(10,11)17(13,14)15/h12-17H,5-11H2,1-4H3;1-15H;8-11,14H,4-7,12-13H2,1-3H3;6-10H,4-5H2,1-3H3;5-8,13H,4H2,1-3H3;6H,5H2,1-4H3,(H,13,14,15)/q;+1;;;;/p-1. The van der Waals surface area contributed by atoms with Gasteiger partial charge >= 0.3 is 35.1 Å². The molecule has 0 spiro atoms. The third-order valence-corrected chi connectivity index (χ3v) is 28.2. The van der Waals surface area contributed by atoms with E-state index in [4.69, 9.17) is 33.5 Å². The molecule has 14 atom stereocenters. The Kier molecular flexibility index (Phi) is 29.6. The molecule has 5 aromatic rings. The average molecular weight is 1550 g/mol. The predicted molar refractivity (Wildman–Crippen MR) is 419 cm³/mol. The zero-order valence-electron chi connectivity index (χ0n) is 67.4. The molecule has 20 heteroatoms. The first-order valence-electron chi connectivity index (χ1n) is 39.8. The van der Waals surface area contributed by atoms with E-state index in [1.807, 2.05) is 55.4 Å². The van der Waals surface area contributed by atoms with Crippen molar-refractivity contribution in [2.24, 2.45) is 63.1 Å². The molecule has 0 amide bonds. The number of halogens is 2. The molecule has 16 nitrogen and oxygen atoms in total. The molecule has 13 rings (SSSR count). The number of rotatable bonds is 22. The van der Waals surface area contributed by atoms with Gasteiger partial charge in [0, 0.05) is 5.92 Å². The Morgan fingerprint density at radius 1 is 0.606 bits per heavy atom. The summed E-state index contributed by atoms with van der Waals surface area (Å²) in [5.41, 5.74) is -0.981. The van der Waals surface area contributed by atoms with Crippen LogP contribution in [0.4, 0.5) is 8.78 Å². The van der Waals surface area contributed by atoms with Crippen molar-refractivity contribution in [2.75, 3.05) is 0 Å². The van der Waals surface area contributed by atoms with E-state index in [1.165, 1.54) is 110 Å². The maximum absolute atomic E-state index is 13.0. The first-order valence-corrected chi connectivity index (χ1v) is 42.4. The largest absolute Gasteiger partial charge is 0.743 e. The van der Waals surface area contributed by atoms with Crippen molar-refractivity contribution in [2.45, 2.75) is 294 Å². The molecule has 8 aliphatic rings. The van der Waals surface area contributed by atoms with E-state index in [1.54, 1.807) is 19.1 Å². The van der Waals surface area contributed by atoms with Gasteiger partial charge in [0.15, 0.2) is 43.1 Å². The summed E-state index contributed by atoms with van der Waals surface area (Å²) in [4.78, 5) is 63.5. The van der Waals surface area contributed by atoms with Crippen LogP contribution in [0.2, 0.25) is 0 Å². The highest BCUT2D eigenvalue weighted by atomic mass is 32.2. The summed E-state index contributed by atoms with van der Waals surface area (Å²) in [6.45, 7) is 31.7. The van der Waals surface area contributed by atoms with Crippen LogP contribution in [0, 0.1) is 63.1 Å². The average Bonchev–Trinajstić information content (AvgIpc) is 1.54. The molecule has 1 N–H and O–H groups in total. The summed E-state index contributed by atoms with van der Waals surface area (Å²) in [5.74, 6) is 5.87. The Morgan fingerprint density at radius 2 is 1.08 bits per heavy atom. The van der Waals surface area contributed by atoms with Crippen molar-refractivity contribution in [3.8, 4) is 17.2 Å². The van der Waals surface area contributed by atoms with E-state index >= 15 is 0 Å². The van der Waals surface area contributed by atoms with Crippen LogP contribution in [0.15, 0.2) is 154 Å². The number of ether oxygens (including phenoxy) is 7. The highest BCUT2D eigenvalue weighted by molar-refractivity contribution is 7.97. The normalized spacial score (nSPS) is 25.8. The second kappa shape index (κ2) is 36.7. The van der Waals surface area contributed by atoms with Crippen molar-refractivity contribution in [3.05, 3.63) is 145 Å². The second-order valence-corrected chi connectivity index (χ2v) is 37.5. The Hall–Kier alpha value is -6.87. The Labute approximate surface area is 651 Å². The van der Waals surface area contributed by atoms with E-state index in [2.05, 4.69) is 155 Å². The second-order valence-electron chi connectivity index (χ2n) is 34.0. The van der Waals surface area contributed by atoms with Crippen LogP contribution >= 0.6 is 0 Å². The number of carbonyl (C=O) groups is 5. The molecule has 8 fully saturated rings. The molecule has 0 radical (unpaired) electrons. The Morgan fingerprint density at radius 3 is 1.57 bits per heavy atom. The fourth-order valence-electron chi connectivity index (χ4n) is 16.1. The van der Waals surface area contributed by atoms with Gasteiger partial charge in [-0.05, 0) is 286 Å². The van der Waals surface area contributed by atoms with Gasteiger partial charge < -0.3 is 42.8 Å². The van der Waals surface area contributed by atoms with Crippen molar-refractivity contribution < 1.29 is 84.0 Å². The molecule has 6 bridgehead atoms. The number of hydrogen-bond acceptors (Lipinski definition) is 16. The van der Waals surface area contributed by atoms with Crippen LogP contribution in [-0.4, -0.2) is 94.9 Å². The van der Waals surface area contributed by atoms with Crippen LogP contribution in [0.1, 0.15) is 238 Å². The van der Waals surface area contributed by atoms with Gasteiger partial charge in [0.25, 0.3) is 0 Å². The van der Waals surface area contributed by atoms with Gasteiger partial charge in [0.1, 0.15) is 34.6 Å². The molecule has 14 unspecified atom stereocenters. The molecule has 3 heterocycles. The number of aromatic hydroxyl groups is 1. The molecule has 5 saturated carbocycles. The number of fused-ring (bicyclic) bond motifs is 10. The third-order valence-electron chi connectivity index (χ3n) is 25.0. The molecule has 5 aromatic carbocycles. The lowest BCUT2D eigenvalue weighted by Gasteiger charge is -2.46. The molecule has 3 aliphatic heterocycles. The molecule has 3 saturated heterocycles. The van der Waals surface area contributed by atoms with Gasteiger partial charge in [-0.25, -0.2) is 8.42 Å². The zero-order valence-corrected chi connectivity index (χ0v) is 69.1. The fourth-order valence-corrected chi connectivity index (χ4v) is 18.6. The fraction of sp³-hybridized carbons (Fsp3) is 0.607. The minimum Gasteiger partial charge on any atom is -0.743 e. The highest BCUT2D eigenvalue weighted by Crippen LogP contribution is 2.71. The molecule has 0 aromatic heterocycles. The number of alkyl halides is 2. The van der Waals surface area contributed by atoms with Gasteiger partial charge in [-0.1, -0.05) is 122 Å². The quantitative estimate of drug-likeness (QED) is 0.0170. The first-order chi connectivity index (χ1) is 51.2. The molecule has 109 heavy (non-hydrogen) atoms. The van der Waals surface area contributed by atoms with E-state index in [-0.39, 0.29) is 75.3 Å². The van der Waals surface area contributed by atoms with Crippen LogP contribution in [0.3, 0.4) is 0 Å². The summed E-state index contributed by atoms with van der Waals surface area (Å²) in [5, 5.41) is 4.42. The first kappa shape index (κ1) is 87.7. The smallest absolute Gasteiger partial charge is 0.369 e. The monoisotopic (exact) mass is 1550 g/mol. The number of benzene rings is 5. The van der Waals surface area contributed by atoms with Gasteiger partial charge in [-0.3, -0.25) is 24.0 Å². The number of hydrogen-bond donors (Lipinski definition) is 1. The van der Waals surface area contributed by atoms with Crippen molar-refractivity contribution in [1.82, 2.24) is 0 Å². The lowest BCUT2D eigenvalue weighted by molar-refractivity contribution is -0.183. The number of phenolic OH excluding ortho intramolecular Hbond substituents is 1. The highest BCUT2D eigenvalue weighted by Gasteiger charge is 2.68. The van der Waals surface area contributed by atoms with Crippen LogP contribution in [0.5, 0.6) is 17.2 Å². The summed E-state index contributed by atoms with van der Waals surface area (Å²) >= 11 is 0. The van der Waals surface area contributed by atoms with E-state index in [0.717, 1.165) is 61.0 Å². The summed E-state index contributed by atoms with van der Waals surface area (Å²) < 4.78 is 95.4. The van der Waals surface area contributed by atoms with Crippen molar-refractivity contribution >= 4 is 50.9 Å². The van der Waals surface area contributed by atoms with E-state index < -0.39 is 55.9 Å². The maximum atomic E-state index is 13.0. The van der Waals surface area contributed by atoms with Gasteiger partial charge in [-0.15, -0.1) is 0 Å². The lowest BCUT2D eigenvalue weighted by Crippen LogP contribution is -2.49. The van der Waals surface area contributed by atoms with Gasteiger partial charge in [0.05, 0.1) is 44.6 Å². The van der Waals surface area contributed by atoms with Crippen molar-refractivity contribution in [3.63, 3.8) is 0 Å². The predicted octanol–water partition coefficient (Wildman–Crippen LogP) is 20.2. The third kappa shape index (κ3) is 21.1. The van der Waals surface area contributed by atoms with Crippen LogP contribution in [-0.2, 0) is 68.7 Å². The van der Waals surface area contributed by atoms with Crippen LogP contribution in [0.25, 0.3) is 0 Å².